The molecule has 0 aliphatic carbocycles. The molecule has 1 aromatic carbocycles. The number of carbonyl (C=O) groups excluding carboxylic acids is 1. The molecule has 0 aliphatic heterocycles. The number of benzene rings is 1. The number of aryl methyl sites for hydroxylation is 2. The van der Waals surface area contributed by atoms with Crippen LogP contribution >= 0.6 is 11.3 Å². The van der Waals surface area contributed by atoms with E-state index in [1.54, 1.807) is 29.5 Å². The van der Waals surface area contributed by atoms with E-state index in [2.05, 4.69) is 25.5 Å². The van der Waals surface area contributed by atoms with Gasteiger partial charge in [0, 0.05) is 16.0 Å². The van der Waals surface area contributed by atoms with Gasteiger partial charge in [0.25, 0.3) is 5.91 Å². The highest BCUT2D eigenvalue weighted by Gasteiger charge is 2.12. The molecule has 0 saturated carbocycles. The molecule has 4 rings (SSSR count). The molecule has 4 aromatic rings. The van der Waals surface area contributed by atoms with Crippen molar-refractivity contribution in [3.05, 3.63) is 57.5 Å². The fraction of sp³-hybridized carbons (Fsp3) is 0.158. The van der Waals surface area contributed by atoms with Gasteiger partial charge in [-0.05, 0) is 38.1 Å². The molecular formula is C19H18N6O2S. The highest BCUT2D eigenvalue weighted by molar-refractivity contribution is 7.11. The maximum Gasteiger partial charge on any atom is 0.251 e. The minimum atomic E-state index is -0.130. The third-order valence-corrected chi connectivity index (χ3v) is 5.26. The van der Waals surface area contributed by atoms with E-state index in [0.29, 0.717) is 29.5 Å². The maximum absolute atomic E-state index is 12.4. The van der Waals surface area contributed by atoms with Crippen LogP contribution in [0.15, 0.2) is 40.8 Å². The molecule has 0 spiro atoms. The second-order valence-electron chi connectivity index (χ2n) is 6.21. The highest BCUT2D eigenvalue weighted by Crippen LogP contribution is 2.27. The summed E-state index contributed by atoms with van der Waals surface area (Å²) in [4.78, 5) is 21.9. The zero-order valence-corrected chi connectivity index (χ0v) is 16.1. The molecule has 0 unspecified atom stereocenters. The number of thiazole rings is 1. The van der Waals surface area contributed by atoms with Crippen molar-refractivity contribution in [2.75, 3.05) is 5.73 Å². The van der Waals surface area contributed by atoms with E-state index in [1.165, 1.54) is 0 Å². The average molecular weight is 394 g/mol. The maximum atomic E-state index is 12.4. The first-order valence-electron chi connectivity index (χ1n) is 8.59. The molecule has 0 aliphatic rings. The summed E-state index contributed by atoms with van der Waals surface area (Å²) in [5, 5.41) is 10.4. The van der Waals surface area contributed by atoms with Crippen LogP contribution < -0.4 is 11.1 Å². The molecule has 0 radical (unpaired) electrons. The topological polar surface area (TPSA) is 123 Å². The first-order valence-corrected chi connectivity index (χ1v) is 9.41. The van der Waals surface area contributed by atoms with Gasteiger partial charge in [0.2, 0.25) is 5.95 Å². The van der Waals surface area contributed by atoms with Crippen LogP contribution in [-0.4, -0.2) is 26.1 Å². The average Bonchev–Trinajstić information content (AvgIpc) is 3.40. The summed E-state index contributed by atoms with van der Waals surface area (Å²) in [6, 6.07) is 10.8. The number of furan rings is 1. The van der Waals surface area contributed by atoms with Gasteiger partial charge in [-0.3, -0.25) is 9.89 Å². The van der Waals surface area contributed by atoms with Gasteiger partial charge < -0.3 is 15.5 Å². The van der Waals surface area contributed by atoms with Gasteiger partial charge in [-0.2, -0.15) is 4.98 Å². The summed E-state index contributed by atoms with van der Waals surface area (Å²) in [6.45, 7) is 4.38. The summed E-state index contributed by atoms with van der Waals surface area (Å²) in [5.74, 6) is 1.69. The van der Waals surface area contributed by atoms with Crippen LogP contribution in [0.1, 0.15) is 25.9 Å². The van der Waals surface area contributed by atoms with Gasteiger partial charge in [0.15, 0.2) is 11.6 Å². The third-order valence-electron chi connectivity index (χ3n) is 4.18. The van der Waals surface area contributed by atoms with Crippen LogP contribution in [0.2, 0.25) is 0 Å². The fourth-order valence-electron chi connectivity index (χ4n) is 2.79. The molecular weight excluding hydrogens is 376 g/mol. The first-order chi connectivity index (χ1) is 13.5. The number of nitrogen functional groups attached to an aromatic ring is 1. The number of hydrogen-bond donors (Lipinski definition) is 3. The predicted octanol–water partition coefficient (Wildman–Crippen LogP) is 3.32. The van der Waals surface area contributed by atoms with Crippen LogP contribution in [0.3, 0.4) is 0 Å². The van der Waals surface area contributed by atoms with E-state index < -0.39 is 0 Å². The third kappa shape index (κ3) is 3.65. The Bertz CT molecular complexity index is 1130. The fourth-order valence-corrected chi connectivity index (χ4v) is 3.67. The quantitative estimate of drug-likeness (QED) is 0.477. The Morgan fingerprint density at radius 3 is 2.54 bits per heavy atom. The smallest absolute Gasteiger partial charge is 0.251 e. The number of rotatable bonds is 5. The Balaban J connectivity index is 1.44. The number of hydrogen-bond acceptors (Lipinski definition) is 7. The lowest BCUT2D eigenvalue weighted by Crippen LogP contribution is -2.22. The van der Waals surface area contributed by atoms with Crippen LogP contribution in [0.4, 0.5) is 5.95 Å². The number of nitrogens with zero attached hydrogens (tertiary/aromatic N) is 3. The van der Waals surface area contributed by atoms with Gasteiger partial charge in [-0.15, -0.1) is 16.4 Å². The second kappa shape index (κ2) is 7.28. The van der Waals surface area contributed by atoms with Gasteiger partial charge in [0.05, 0.1) is 17.2 Å². The van der Waals surface area contributed by atoms with Gasteiger partial charge in [0.1, 0.15) is 5.76 Å². The summed E-state index contributed by atoms with van der Waals surface area (Å²) in [5.41, 5.74) is 7.90. The van der Waals surface area contributed by atoms with Gasteiger partial charge in [-0.1, -0.05) is 12.1 Å². The summed E-state index contributed by atoms with van der Waals surface area (Å²) in [6.07, 6.45) is 0. The van der Waals surface area contributed by atoms with Crippen molar-refractivity contribution in [3.63, 3.8) is 0 Å². The SMILES string of the molecule is Cc1nc(C)c(CNC(=O)c2ccc(-c3ccc(-c4nc(N)n[nH]4)o3)cc2)s1. The van der Waals surface area contributed by atoms with Crippen LogP contribution in [0, 0.1) is 13.8 Å². The molecule has 142 valence electrons. The summed E-state index contributed by atoms with van der Waals surface area (Å²) < 4.78 is 5.79. The Labute approximate surface area is 164 Å². The normalized spacial score (nSPS) is 10.9. The lowest BCUT2D eigenvalue weighted by molar-refractivity contribution is 0.0951. The van der Waals surface area contributed by atoms with E-state index in [1.807, 2.05) is 32.0 Å². The van der Waals surface area contributed by atoms with Crippen molar-refractivity contribution in [2.24, 2.45) is 0 Å². The molecule has 0 saturated heterocycles. The zero-order valence-electron chi connectivity index (χ0n) is 15.3. The summed E-state index contributed by atoms with van der Waals surface area (Å²) in [7, 11) is 0. The highest BCUT2D eigenvalue weighted by atomic mass is 32.1. The molecule has 3 aromatic heterocycles. The molecule has 1 amide bonds. The largest absolute Gasteiger partial charge is 0.453 e. The number of nitrogens with two attached hydrogens (primary N) is 1. The second-order valence-corrected chi connectivity index (χ2v) is 7.50. The molecule has 0 atom stereocenters. The lowest BCUT2D eigenvalue weighted by Gasteiger charge is -2.05. The Kier molecular flexibility index (Phi) is 4.66. The van der Waals surface area contributed by atoms with Crippen molar-refractivity contribution in [1.82, 2.24) is 25.5 Å². The zero-order chi connectivity index (χ0) is 19.7. The van der Waals surface area contributed by atoms with Crippen molar-refractivity contribution >= 4 is 23.2 Å². The Morgan fingerprint density at radius 2 is 1.89 bits per heavy atom. The molecule has 9 heteroatoms. The number of amides is 1. The van der Waals surface area contributed by atoms with Crippen molar-refractivity contribution < 1.29 is 9.21 Å². The monoisotopic (exact) mass is 394 g/mol. The Hall–Kier alpha value is -3.46. The Morgan fingerprint density at radius 1 is 1.14 bits per heavy atom. The van der Waals surface area contributed by atoms with Crippen LogP contribution in [0.5, 0.6) is 0 Å². The summed E-state index contributed by atoms with van der Waals surface area (Å²) >= 11 is 1.60. The molecule has 4 N–H and O–H groups in total. The molecule has 3 heterocycles. The number of aromatic nitrogens is 4. The number of aromatic amines is 1. The van der Waals surface area contributed by atoms with Gasteiger partial charge in [-0.25, -0.2) is 4.98 Å². The minimum absolute atomic E-state index is 0.130. The van der Waals surface area contributed by atoms with Crippen LogP contribution in [0.25, 0.3) is 22.9 Å². The van der Waals surface area contributed by atoms with Crippen LogP contribution in [-0.2, 0) is 6.54 Å². The lowest BCUT2D eigenvalue weighted by atomic mass is 10.1. The number of H-pyrrole nitrogens is 1. The van der Waals surface area contributed by atoms with Crippen molar-refractivity contribution in [1.29, 1.82) is 0 Å². The molecule has 0 fully saturated rings. The van der Waals surface area contributed by atoms with E-state index in [0.717, 1.165) is 21.1 Å². The van der Waals surface area contributed by atoms with Crippen molar-refractivity contribution in [3.8, 4) is 22.9 Å². The standard InChI is InChI=1S/C19H18N6O2S/c1-10-16(28-11(2)22-10)9-21-18(26)13-5-3-12(4-6-13)14-7-8-15(27-14)17-23-19(20)25-24-17/h3-8H,9H2,1-2H3,(H,21,26)(H3,20,23,24,25). The molecule has 28 heavy (non-hydrogen) atoms. The number of anilines is 1. The van der Waals surface area contributed by atoms with E-state index in [4.69, 9.17) is 10.2 Å². The van der Waals surface area contributed by atoms with Crippen molar-refractivity contribution in [2.45, 2.75) is 20.4 Å². The van der Waals surface area contributed by atoms with E-state index in [-0.39, 0.29) is 11.9 Å². The van der Waals surface area contributed by atoms with E-state index >= 15 is 0 Å². The first kappa shape index (κ1) is 17.9. The minimum Gasteiger partial charge on any atom is -0.453 e. The molecule has 8 nitrogen and oxygen atoms in total. The van der Waals surface area contributed by atoms with E-state index in [9.17, 15) is 4.79 Å². The molecule has 0 bridgehead atoms. The number of nitrogens with one attached hydrogen (secondary N) is 2. The predicted molar refractivity (Wildman–Crippen MR) is 107 cm³/mol. The number of carbonyl (C=O) groups is 1. The van der Waals surface area contributed by atoms with Gasteiger partial charge >= 0.3 is 0 Å².